The van der Waals surface area contributed by atoms with E-state index in [0.29, 0.717) is 12.3 Å². The molecule has 1 amide bonds. The van der Waals surface area contributed by atoms with Crippen LogP contribution in [-0.4, -0.2) is 46.0 Å². The lowest BCUT2D eigenvalue weighted by Crippen LogP contribution is -2.46. The second kappa shape index (κ2) is 16.0. The molecule has 1 N–H and O–H groups in total. The predicted molar refractivity (Wildman–Crippen MR) is 131 cm³/mol. The zero-order valence-electron chi connectivity index (χ0n) is 20.0. The summed E-state index contributed by atoms with van der Waals surface area (Å²) in [4.78, 5) is 25.4. The number of thioether (sulfide) groups is 1. The first-order valence-corrected chi connectivity index (χ1v) is 11.9. The van der Waals surface area contributed by atoms with E-state index in [1.165, 1.54) is 34.1 Å². The van der Waals surface area contributed by atoms with Crippen molar-refractivity contribution in [1.82, 2.24) is 4.90 Å². The Morgan fingerprint density at radius 3 is 1.77 bits per heavy atom. The number of hydrogen-bond donors (Lipinski definition) is 1. The molecule has 1 atom stereocenters. The van der Waals surface area contributed by atoms with Gasteiger partial charge in [0.2, 0.25) is 5.91 Å². The third-order valence-electron chi connectivity index (χ3n) is 4.71. The number of carboxylic acids is 1. The highest BCUT2D eigenvalue weighted by molar-refractivity contribution is 7.99. The Bertz CT molecular complexity index is 666. The molecule has 0 radical (unpaired) electrons. The first-order chi connectivity index (χ1) is 14.0. The molecule has 0 unspecified atom stereocenters. The summed E-state index contributed by atoms with van der Waals surface area (Å²) in [5.74, 6) is -0.00669. The van der Waals surface area contributed by atoms with Crippen molar-refractivity contribution in [1.29, 1.82) is 0 Å². The summed E-state index contributed by atoms with van der Waals surface area (Å²) >= 11 is 1.56. The molecule has 170 valence electrons. The van der Waals surface area contributed by atoms with Crippen molar-refractivity contribution in [3.8, 4) is 0 Å². The van der Waals surface area contributed by atoms with Gasteiger partial charge in [0.1, 0.15) is 6.04 Å². The van der Waals surface area contributed by atoms with Crippen molar-refractivity contribution >= 4 is 23.6 Å². The Balaban J connectivity index is 4.80. The minimum absolute atomic E-state index is 0.204. The van der Waals surface area contributed by atoms with Crippen molar-refractivity contribution in [3.05, 3.63) is 46.6 Å². The minimum atomic E-state index is -0.947. The van der Waals surface area contributed by atoms with Crippen molar-refractivity contribution in [3.63, 3.8) is 0 Å². The molecule has 0 aliphatic heterocycles. The molecule has 0 spiro atoms. The van der Waals surface area contributed by atoms with E-state index in [1.807, 2.05) is 13.0 Å². The average molecular weight is 436 g/mol. The van der Waals surface area contributed by atoms with Crippen LogP contribution in [0.1, 0.15) is 74.1 Å². The van der Waals surface area contributed by atoms with E-state index >= 15 is 0 Å². The quantitative estimate of drug-likeness (QED) is 0.253. The molecule has 5 heteroatoms. The highest BCUT2D eigenvalue weighted by Gasteiger charge is 2.26. The number of carbonyl (C=O) groups excluding carboxylic acids is 1. The van der Waals surface area contributed by atoms with Crippen LogP contribution in [-0.2, 0) is 9.59 Å². The van der Waals surface area contributed by atoms with E-state index in [2.05, 4.69) is 52.8 Å². The zero-order chi connectivity index (χ0) is 23.1. The van der Waals surface area contributed by atoms with Gasteiger partial charge in [0.25, 0.3) is 0 Å². The SMILES string of the molecule is CC(=O)N(C/C=C(\C)CCC=C(C)C)[C@@H](CSC/C=C(\C)CCC=C(C)C)C(=O)O. The van der Waals surface area contributed by atoms with E-state index in [0.717, 1.165) is 31.4 Å². The van der Waals surface area contributed by atoms with Crippen molar-refractivity contribution in [2.75, 3.05) is 18.1 Å². The number of carboxylic acid groups (broad SMARTS) is 1. The summed E-state index contributed by atoms with van der Waals surface area (Å²) in [5.41, 5.74) is 5.10. The van der Waals surface area contributed by atoms with Gasteiger partial charge in [-0.2, -0.15) is 11.8 Å². The van der Waals surface area contributed by atoms with E-state index < -0.39 is 12.0 Å². The van der Waals surface area contributed by atoms with E-state index in [1.54, 1.807) is 11.8 Å². The Morgan fingerprint density at radius 2 is 1.33 bits per heavy atom. The summed E-state index contributed by atoms with van der Waals surface area (Å²) in [5, 5.41) is 9.68. The van der Waals surface area contributed by atoms with Gasteiger partial charge >= 0.3 is 5.97 Å². The molecule has 0 saturated heterocycles. The standard InChI is InChI=1S/C25H41NO3S/c1-19(2)10-8-12-21(5)14-16-26(23(7)27)24(25(28)29)18-30-17-15-22(6)13-9-11-20(3)4/h10-11,14-15,24H,8-9,12-13,16-18H2,1-7H3,(H,28,29)/b21-14+,22-15+/t24-/m0/s1. The fourth-order valence-electron chi connectivity index (χ4n) is 2.79. The number of nitrogens with zero attached hydrogens (tertiary/aromatic N) is 1. The first-order valence-electron chi connectivity index (χ1n) is 10.7. The molecule has 0 aliphatic rings. The second-order valence-corrected chi connectivity index (χ2v) is 9.38. The number of rotatable bonds is 14. The highest BCUT2D eigenvalue weighted by atomic mass is 32.2. The van der Waals surface area contributed by atoms with E-state index in [4.69, 9.17) is 0 Å². The van der Waals surface area contributed by atoms with Gasteiger partial charge in [0.15, 0.2) is 0 Å². The summed E-state index contributed by atoms with van der Waals surface area (Å²) in [6, 6.07) is -0.811. The minimum Gasteiger partial charge on any atom is -0.480 e. The number of allylic oxidation sites excluding steroid dienone is 6. The van der Waals surface area contributed by atoms with Gasteiger partial charge in [-0.05, 0) is 67.2 Å². The maximum absolute atomic E-state index is 12.1. The van der Waals surface area contributed by atoms with Gasteiger partial charge in [-0.1, -0.05) is 46.6 Å². The first kappa shape index (κ1) is 28.2. The topological polar surface area (TPSA) is 57.6 Å². The van der Waals surface area contributed by atoms with Crippen molar-refractivity contribution < 1.29 is 14.7 Å². The largest absolute Gasteiger partial charge is 0.480 e. The van der Waals surface area contributed by atoms with Crippen LogP contribution < -0.4 is 0 Å². The summed E-state index contributed by atoms with van der Waals surface area (Å²) in [7, 11) is 0. The fraction of sp³-hybridized carbons (Fsp3) is 0.600. The van der Waals surface area contributed by atoms with Crippen LogP contribution >= 0.6 is 11.8 Å². The molecule has 0 aromatic carbocycles. The molecule has 0 bridgehead atoms. The summed E-state index contributed by atoms with van der Waals surface area (Å²) < 4.78 is 0. The molecule has 0 aromatic rings. The Labute approximate surface area is 188 Å². The van der Waals surface area contributed by atoms with Crippen molar-refractivity contribution in [2.24, 2.45) is 0 Å². The van der Waals surface area contributed by atoms with Crippen LogP contribution in [0.4, 0.5) is 0 Å². The molecular weight excluding hydrogens is 394 g/mol. The molecule has 0 aliphatic carbocycles. The molecule has 4 nitrogen and oxygen atoms in total. The van der Waals surface area contributed by atoms with Gasteiger partial charge in [0.05, 0.1) is 0 Å². The molecular formula is C25H41NO3S. The lowest BCUT2D eigenvalue weighted by Gasteiger charge is -2.27. The fourth-order valence-corrected chi connectivity index (χ4v) is 3.87. The maximum atomic E-state index is 12.1. The lowest BCUT2D eigenvalue weighted by atomic mass is 10.1. The second-order valence-electron chi connectivity index (χ2n) is 8.30. The number of aliphatic carboxylic acids is 1. The van der Waals surface area contributed by atoms with Gasteiger partial charge < -0.3 is 10.0 Å². The predicted octanol–water partition coefficient (Wildman–Crippen LogP) is 6.41. The summed E-state index contributed by atoms with van der Waals surface area (Å²) in [6.45, 7) is 14.3. The van der Waals surface area contributed by atoms with Gasteiger partial charge in [-0.3, -0.25) is 4.79 Å². The number of amides is 1. The van der Waals surface area contributed by atoms with Gasteiger partial charge in [-0.25, -0.2) is 4.79 Å². The van der Waals surface area contributed by atoms with Crippen molar-refractivity contribution in [2.45, 2.75) is 80.2 Å². The lowest BCUT2D eigenvalue weighted by molar-refractivity contribution is -0.147. The Hall–Kier alpha value is -1.75. The smallest absolute Gasteiger partial charge is 0.327 e. The van der Waals surface area contributed by atoms with Crippen LogP contribution in [0.2, 0.25) is 0 Å². The molecule has 0 rings (SSSR count). The monoisotopic (exact) mass is 435 g/mol. The van der Waals surface area contributed by atoms with Gasteiger partial charge in [0, 0.05) is 25.0 Å². The third-order valence-corrected chi connectivity index (χ3v) is 5.66. The van der Waals surface area contributed by atoms with E-state index in [9.17, 15) is 14.7 Å². The number of hydrogen-bond acceptors (Lipinski definition) is 3. The Morgan fingerprint density at radius 1 is 0.833 bits per heavy atom. The number of carbonyl (C=O) groups is 2. The molecule has 0 heterocycles. The van der Waals surface area contributed by atoms with Crippen LogP contribution in [0.15, 0.2) is 46.6 Å². The maximum Gasteiger partial charge on any atom is 0.327 e. The zero-order valence-corrected chi connectivity index (χ0v) is 20.8. The normalized spacial score (nSPS) is 12.9. The molecule has 0 fully saturated rings. The average Bonchev–Trinajstić information content (AvgIpc) is 2.62. The molecule has 0 saturated carbocycles. The summed E-state index contributed by atoms with van der Waals surface area (Å²) in [6.07, 6.45) is 12.5. The van der Waals surface area contributed by atoms with Crippen LogP contribution in [0, 0.1) is 0 Å². The molecule has 30 heavy (non-hydrogen) atoms. The Kier molecular flexibility index (Phi) is 15.1. The van der Waals surface area contributed by atoms with E-state index in [-0.39, 0.29) is 5.91 Å². The van der Waals surface area contributed by atoms with Gasteiger partial charge in [-0.15, -0.1) is 0 Å². The van der Waals surface area contributed by atoms with Crippen LogP contribution in [0.25, 0.3) is 0 Å². The van der Waals surface area contributed by atoms with Crippen LogP contribution in [0.3, 0.4) is 0 Å². The van der Waals surface area contributed by atoms with Crippen LogP contribution in [0.5, 0.6) is 0 Å². The third kappa shape index (κ3) is 14.3. The molecule has 0 aromatic heterocycles. The highest BCUT2D eigenvalue weighted by Crippen LogP contribution is 2.15.